The van der Waals surface area contributed by atoms with Crippen molar-refractivity contribution in [3.05, 3.63) is 39.1 Å². The summed E-state index contributed by atoms with van der Waals surface area (Å²) in [5.41, 5.74) is 8.93. The van der Waals surface area contributed by atoms with E-state index >= 15 is 0 Å². The molecule has 0 saturated heterocycles. The number of rotatable bonds is 6. The number of hydrogen-bond donors (Lipinski definition) is 1. The van der Waals surface area contributed by atoms with E-state index in [1.807, 2.05) is 0 Å². The third-order valence-corrected chi connectivity index (χ3v) is 9.80. The molecule has 2 atom stereocenters. The molecule has 1 aromatic carbocycles. The molecule has 0 amide bonds. The standard InChI is InChI=1S/C26H37BrN4OSi/c1-17-11-19(27)13-22-24(17)28-8-6-7-21(29-22)25-20-12-18-14-26(18,2)15-23(20)31(30-25)16-32-9-10-33(3,4)5/h11,13,18,28H,6-10,12,14-16H2,1-5H3/b29-21+/t18-,26-/m1/s1. The van der Waals surface area contributed by atoms with Crippen LogP contribution in [-0.2, 0) is 24.3 Å². The van der Waals surface area contributed by atoms with Crippen LogP contribution >= 0.6 is 15.9 Å². The number of nitrogens with zero attached hydrogens (tertiary/aromatic N) is 3. The predicted octanol–water partition coefficient (Wildman–Crippen LogP) is 6.72. The topological polar surface area (TPSA) is 51.4 Å². The minimum Gasteiger partial charge on any atom is -0.383 e. The Kier molecular flexibility index (Phi) is 6.11. The number of benzene rings is 1. The summed E-state index contributed by atoms with van der Waals surface area (Å²) < 4.78 is 9.39. The molecule has 178 valence electrons. The van der Waals surface area contributed by atoms with Gasteiger partial charge in [0.1, 0.15) is 12.4 Å². The average molecular weight is 530 g/mol. The van der Waals surface area contributed by atoms with E-state index in [9.17, 15) is 0 Å². The Morgan fingerprint density at radius 3 is 2.91 bits per heavy atom. The van der Waals surface area contributed by atoms with Gasteiger partial charge in [0, 0.05) is 37.0 Å². The van der Waals surface area contributed by atoms with Crippen LogP contribution in [0.15, 0.2) is 21.6 Å². The fraction of sp³-hybridized carbons (Fsp3) is 0.615. The smallest absolute Gasteiger partial charge is 0.139 e. The van der Waals surface area contributed by atoms with E-state index in [4.69, 9.17) is 14.8 Å². The Hall–Kier alpha value is -1.44. The number of aliphatic imine (C=N–C) groups is 1. The average Bonchev–Trinajstić information content (AvgIpc) is 3.26. The van der Waals surface area contributed by atoms with Crippen LogP contribution in [0.3, 0.4) is 0 Å². The molecule has 33 heavy (non-hydrogen) atoms. The Bertz CT molecular complexity index is 1100. The Morgan fingerprint density at radius 1 is 1.30 bits per heavy atom. The zero-order valence-corrected chi connectivity index (χ0v) is 23.3. The zero-order valence-electron chi connectivity index (χ0n) is 20.7. The second-order valence-electron chi connectivity index (χ2n) is 11.8. The number of ether oxygens (including phenoxy) is 1. The van der Waals surface area contributed by atoms with Crippen LogP contribution in [0.4, 0.5) is 11.4 Å². The fourth-order valence-electron chi connectivity index (χ4n) is 5.37. The third-order valence-electron chi connectivity index (χ3n) is 7.64. The van der Waals surface area contributed by atoms with Gasteiger partial charge < -0.3 is 10.1 Å². The molecule has 1 aromatic heterocycles. The second kappa shape index (κ2) is 8.65. The normalized spacial score (nSPS) is 25.6. The number of aryl methyl sites for hydroxylation is 1. The Morgan fingerprint density at radius 2 is 2.12 bits per heavy atom. The molecule has 1 aliphatic heterocycles. The third kappa shape index (κ3) is 4.87. The van der Waals surface area contributed by atoms with Crippen LogP contribution in [0.25, 0.3) is 0 Å². The first-order valence-corrected chi connectivity index (χ1v) is 16.9. The number of fused-ring (bicyclic) bond motifs is 3. The van der Waals surface area contributed by atoms with E-state index in [0.29, 0.717) is 12.1 Å². The van der Waals surface area contributed by atoms with E-state index in [2.05, 4.69) is 71.5 Å². The predicted molar refractivity (Wildman–Crippen MR) is 143 cm³/mol. The lowest BCUT2D eigenvalue weighted by Gasteiger charge is -2.21. The van der Waals surface area contributed by atoms with Crippen molar-refractivity contribution in [1.29, 1.82) is 0 Å². The van der Waals surface area contributed by atoms with Crippen molar-refractivity contribution >= 4 is 41.1 Å². The lowest BCUT2D eigenvalue weighted by molar-refractivity contribution is 0.0755. The molecule has 1 N–H and O–H groups in total. The molecule has 0 spiro atoms. The summed E-state index contributed by atoms with van der Waals surface area (Å²) in [7, 11) is -1.10. The van der Waals surface area contributed by atoms with Crippen molar-refractivity contribution in [3.8, 4) is 0 Å². The van der Waals surface area contributed by atoms with E-state index < -0.39 is 8.07 Å². The highest BCUT2D eigenvalue weighted by Gasteiger charge is 2.54. The fourth-order valence-corrected chi connectivity index (χ4v) is 6.68. The van der Waals surface area contributed by atoms with Gasteiger partial charge in [0.15, 0.2) is 0 Å². The molecule has 0 bridgehead atoms. The molecule has 2 aliphatic carbocycles. The van der Waals surface area contributed by atoms with Crippen LogP contribution < -0.4 is 5.32 Å². The summed E-state index contributed by atoms with van der Waals surface area (Å²) in [6, 6.07) is 5.47. The van der Waals surface area contributed by atoms with Gasteiger partial charge in [0.2, 0.25) is 0 Å². The molecular weight excluding hydrogens is 492 g/mol. The largest absolute Gasteiger partial charge is 0.383 e. The van der Waals surface area contributed by atoms with E-state index in [1.54, 1.807) is 0 Å². The van der Waals surface area contributed by atoms with Crippen molar-refractivity contribution in [2.45, 2.75) is 78.4 Å². The number of anilines is 1. The summed E-state index contributed by atoms with van der Waals surface area (Å²) in [5.74, 6) is 0.800. The maximum Gasteiger partial charge on any atom is 0.139 e. The second-order valence-corrected chi connectivity index (χ2v) is 18.3. The molecule has 1 fully saturated rings. The summed E-state index contributed by atoms with van der Waals surface area (Å²) in [6.07, 6.45) is 5.59. The van der Waals surface area contributed by atoms with Crippen LogP contribution in [0.2, 0.25) is 25.7 Å². The first-order valence-electron chi connectivity index (χ1n) is 12.4. The lowest BCUT2D eigenvalue weighted by atomic mass is 9.86. The highest BCUT2D eigenvalue weighted by Crippen LogP contribution is 2.59. The number of nitrogens with one attached hydrogen (secondary N) is 1. The van der Waals surface area contributed by atoms with Gasteiger partial charge in [-0.25, -0.2) is 9.67 Å². The van der Waals surface area contributed by atoms with Crippen molar-refractivity contribution < 1.29 is 4.74 Å². The van der Waals surface area contributed by atoms with E-state index in [0.717, 1.165) is 72.0 Å². The highest BCUT2D eigenvalue weighted by atomic mass is 79.9. The Balaban J connectivity index is 1.50. The van der Waals surface area contributed by atoms with Gasteiger partial charge >= 0.3 is 0 Å². The number of hydrogen-bond acceptors (Lipinski definition) is 4. The minimum atomic E-state index is -1.10. The molecule has 2 aromatic rings. The van der Waals surface area contributed by atoms with Crippen molar-refractivity contribution in [1.82, 2.24) is 9.78 Å². The highest BCUT2D eigenvalue weighted by molar-refractivity contribution is 9.10. The van der Waals surface area contributed by atoms with Crippen LogP contribution in [0.1, 0.15) is 48.7 Å². The van der Waals surface area contributed by atoms with Gasteiger partial charge in [-0.2, -0.15) is 5.10 Å². The molecule has 2 heterocycles. The zero-order chi connectivity index (χ0) is 23.4. The maximum atomic E-state index is 6.16. The molecular formula is C26H37BrN4OSi. The molecule has 5 nitrogen and oxygen atoms in total. The van der Waals surface area contributed by atoms with Gasteiger partial charge in [0.05, 0.1) is 17.1 Å². The van der Waals surface area contributed by atoms with Crippen molar-refractivity contribution in [2.75, 3.05) is 18.5 Å². The van der Waals surface area contributed by atoms with Gasteiger partial charge in [0.25, 0.3) is 0 Å². The van der Waals surface area contributed by atoms with Gasteiger partial charge in [-0.05, 0) is 74.1 Å². The molecule has 5 rings (SSSR count). The maximum absolute atomic E-state index is 6.16. The summed E-state index contributed by atoms with van der Waals surface area (Å²) in [6.45, 7) is 14.1. The SMILES string of the molecule is Cc1cc(Br)cc2c1NCCC/C(c1nn(COCC[Si](C)(C)C)c3c1C[C@@H]1C[C@]1(C)C3)=N\2. The quantitative estimate of drug-likeness (QED) is 0.334. The van der Waals surface area contributed by atoms with E-state index in [1.165, 1.54) is 29.3 Å². The molecule has 1 saturated carbocycles. The van der Waals surface area contributed by atoms with E-state index in [-0.39, 0.29) is 0 Å². The molecule has 7 heteroatoms. The van der Waals surface area contributed by atoms with Crippen LogP contribution in [0, 0.1) is 18.3 Å². The molecule has 0 radical (unpaired) electrons. The molecule has 0 unspecified atom stereocenters. The first kappa shape index (κ1) is 23.3. The monoisotopic (exact) mass is 528 g/mol. The van der Waals surface area contributed by atoms with Gasteiger partial charge in [-0.3, -0.25) is 0 Å². The number of halogens is 1. The summed E-state index contributed by atoms with van der Waals surface area (Å²) >= 11 is 3.66. The number of aromatic nitrogens is 2. The van der Waals surface area contributed by atoms with Gasteiger partial charge in [-0.1, -0.05) is 42.5 Å². The molecule has 3 aliphatic rings. The van der Waals surface area contributed by atoms with Crippen molar-refractivity contribution in [2.24, 2.45) is 16.3 Å². The summed E-state index contributed by atoms with van der Waals surface area (Å²) in [4.78, 5) is 5.21. The van der Waals surface area contributed by atoms with Crippen LogP contribution in [-0.4, -0.2) is 36.7 Å². The Labute approximate surface area is 207 Å². The first-order chi connectivity index (χ1) is 15.6. The lowest BCUT2D eigenvalue weighted by Crippen LogP contribution is -2.23. The van der Waals surface area contributed by atoms with Crippen LogP contribution in [0.5, 0.6) is 0 Å². The summed E-state index contributed by atoms with van der Waals surface area (Å²) in [5, 5.41) is 8.76. The van der Waals surface area contributed by atoms with Crippen molar-refractivity contribution in [3.63, 3.8) is 0 Å². The van der Waals surface area contributed by atoms with Gasteiger partial charge in [-0.15, -0.1) is 0 Å². The minimum absolute atomic E-state index is 0.460.